The topological polar surface area (TPSA) is 65.6 Å². The van der Waals surface area contributed by atoms with Crippen LogP contribution in [0.1, 0.15) is 15.5 Å². The molecule has 0 atom stereocenters. The molecule has 21 heavy (non-hydrogen) atoms. The van der Waals surface area contributed by atoms with E-state index in [4.69, 9.17) is 23.2 Å². The Kier molecular flexibility index (Phi) is 4.05. The lowest BCUT2D eigenvalue weighted by Gasteiger charge is -2.05. The molecule has 0 fully saturated rings. The Hall–Kier alpha value is -1.70. The Balaban J connectivity index is 1.76. The number of halogens is 2. The second-order valence-electron chi connectivity index (χ2n) is 4.24. The number of thiazole rings is 1. The molecule has 3 heterocycles. The molecule has 0 aliphatic heterocycles. The molecule has 0 N–H and O–H groups in total. The fraction of sp³-hybridized carbons (Fsp3) is 0.167. The first-order valence-corrected chi connectivity index (χ1v) is 7.51. The van der Waals surface area contributed by atoms with E-state index in [-0.39, 0.29) is 12.3 Å². The molecule has 9 heteroatoms. The van der Waals surface area contributed by atoms with E-state index in [1.807, 2.05) is 0 Å². The Labute approximate surface area is 134 Å². The third kappa shape index (κ3) is 3.31. The second-order valence-corrected chi connectivity index (χ2v) is 6.37. The summed E-state index contributed by atoms with van der Waals surface area (Å²) in [6, 6.07) is 0. The molecule has 0 unspecified atom stereocenters. The van der Waals surface area contributed by atoms with Crippen molar-refractivity contribution >= 4 is 40.3 Å². The lowest BCUT2D eigenvalue weighted by atomic mass is 10.3. The first-order valence-electron chi connectivity index (χ1n) is 5.94. The predicted molar refractivity (Wildman–Crippen MR) is 80.0 cm³/mol. The highest BCUT2D eigenvalue weighted by Crippen LogP contribution is 2.19. The number of imidazole rings is 1. The molecule has 3 aromatic heterocycles. The SMILES string of the molecule is O=C(Cn1cc(Cl)cn1)c1nccn1Cc1cnc(Cl)s1. The van der Waals surface area contributed by atoms with E-state index < -0.39 is 0 Å². The minimum absolute atomic E-state index is 0.0905. The smallest absolute Gasteiger partial charge is 0.219 e. The van der Waals surface area contributed by atoms with E-state index in [1.54, 1.807) is 29.4 Å². The van der Waals surface area contributed by atoms with Crippen molar-refractivity contribution in [2.24, 2.45) is 0 Å². The van der Waals surface area contributed by atoms with E-state index in [0.717, 1.165) is 4.88 Å². The zero-order chi connectivity index (χ0) is 14.8. The van der Waals surface area contributed by atoms with Crippen LogP contribution in [-0.4, -0.2) is 30.1 Å². The van der Waals surface area contributed by atoms with Gasteiger partial charge in [0, 0.05) is 29.7 Å². The van der Waals surface area contributed by atoms with E-state index >= 15 is 0 Å². The van der Waals surface area contributed by atoms with Crippen LogP contribution in [0.5, 0.6) is 0 Å². The van der Waals surface area contributed by atoms with Crippen molar-refractivity contribution in [1.82, 2.24) is 24.3 Å². The number of hydrogen-bond acceptors (Lipinski definition) is 5. The van der Waals surface area contributed by atoms with Gasteiger partial charge >= 0.3 is 0 Å². The summed E-state index contributed by atoms with van der Waals surface area (Å²) in [6.45, 7) is 0.596. The van der Waals surface area contributed by atoms with Crippen molar-refractivity contribution in [3.05, 3.63) is 51.2 Å². The summed E-state index contributed by atoms with van der Waals surface area (Å²) in [5.41, 5.74) is 0. The fourth-order valence-electron chi connectivity index (χ4n) is 1.86. The van der Waals surface area contributed by atoms with E-state index in [0.29, 0.717) is 21.9 Å². The lowest BCUT2D eigenvalue weighted by molar-refractivity contribution is 0.0954. The third-order valence-corrected chi connectivity index (χ3v) is 4.02. The number of carbonyl (C=O) groups excluding carboxylic acids is 1. The van der Waals surface area contributed by atoms with Gasteiger partial charge in [-0.15, -0.1) is 11.3 Å². The maximum Gasteiger partial charge on any atom is 0.219 e. The highest BCUT2D eigenvalue weighted by atomic mass is 35.5. The third-order valence-electron chi connectivity index (χ3n) is 2.72. The van der Waals surface area contributed by atoms with Crippen LogP contribution in [0, 0.1) is 0 Å². The standard InChI is InChI=1S/C12H9Cl2N5OS/c13-8-3-17-19(5-8)7-10(20)11-15-1-2-18(11)6-9-4-16-12(14)21-9/h1-5H,6-7H2. The van der Waals surface area contributed by atoms with Gasteiger partial charge in [-0.25, -0.2) is 9.97 Å². The van der Waals surface area contributed by atoms with Crippen molar-refractivity contribution < 1.29 is 4.79 Å². The molecule has 3 aromatic rings. The fourth-order valence-corrected chi connectivity index (χ4v) is 2.99. The number of rotatable bonds is 5. The van der Waals surface area contributed by atoms with Gasteiger partial charge in [-0.1, -0.05) is 23.2 Å². The van der Waals surface area contributed by atoms with Crippen molar-refractivity contribution in [2.45, 2.75) is 13.1 Å². The number of hydrogen-bond donors (Lipinski definition) is 0. The minimum Gasteiger partial charge on any atom is -0.323 e. The highest BCUT2D eigenvalue weighted by molar-refractivity contribution is 7.15. The second kappa shape index (κ2) is 5.97. The number of carbonyl (C=O) groups is 1. The quantitative estimate of drug-likeness (QED) is 0.669. The van der Waals surface area contributed by atoms with Crippen LogP contribution in [-0.2, 0) is 13.1 Å². The number of aromatic nitrogens is 5. The van der Waals surface area contributed by atoms with Crippen LogP contribution in [0.25, 0.3) is 0 Å². The lowest BCUT2D eigenvalue weighted by Crippen LogP contribution is -2.16. The maximum atomic E-state index is 12.3. The van der Waals surface area contributed by atoms with Gasteiger partial charge in [-0.3, -0.25) is 9.48 Å². The molecular formula is C12H9Cl2N5OS. The summed E-state index contributed by atoms with van der Waals surface area (Å²) in [5.74, 6) is 0.224. The molecule has 0 saturated heterocycles. The average Bonchev–Trinajstić information content (AvgIpc) is 3.13. The molecule has 0 bridgehead atoms. The number of ketones is 1. The van der Waals surface area contributed by atoms with Crippen molar-refractivity contribution in [3.8, 4) is 0 Å². The van der Waals surface area contributed by atoms with Crippen LogP contribution in [0.3, 0.4) is 0 Å². The van der Waals surface area contributed by atoms with Crippen LogP contribution >= 0.6 is 34.5 Å². The number of nitrogens with zero attached hydrogens (tertiary/aromatic N) is 5. The zero-order valence-electron chi connectivity index (χ0n) is 10.6. The largest absolute Gasteiger partial charge is 0.323 e. The summed E-state index contributed by atoms with van der Waals surface area (Å²) < 4.78 is 3.72. The molecule has 3 rings (SSSR count). The predicted octanol–water partition coefficient (Wildman–Crippen LogP) is 2.77. The van der Waals surface area contributed by atoms with Crippen LogP contribution < -0.4 is 0 Å². The minimum atomic E-state index is -0.143. The van der Waals surface area contributed by atoms with E-state index in [1.165, 1.54) is 22.2 Å². The molecule has 6 nitrogen and oxygen atoms in total. The molecule has 0 saturated carbocycles. The van der Waals surface area contributed by atoms with Gasteiger partial charge in [0.25, 0.3) is 0 Å². The first kappa shape index (κ1) is 14.2. The Morgan fingerprint density at radius 3 is 2.81 bits per heavy atom. The van der Waals surface area contributed by atoms with Gasteiger partial charge in [0.05, 0.1) is 17.8 Å². The van der Waals surface area contributed by atoms with Crippen molar-refractivity contribution in [1.29, 1.82) is 0 Å². The van der Waals surface area contributed by atoms with Gasteiger partial charge in [-0.2, -0.15) is 5.10 Å². The molecule has 0 aromatic carbocycles. The molecule has 108 valence electrons. The molecular weight excluding hydrogens is 333 g/mol. The Bertz CT molecular complexity index is 778. The van der Waals surface area contributed by atoms with Gasteiger partial charge in [0.15, 0.2) is 10.3 Å². The summed E-state index contributed by atoms with van der Waals surface area (Å²) in [5, 5.41) is 4.48. The van der Waals surface area contributed by atoms with Gasteiger partial charge in [0.1, 0.15) is 6.54 Å². The van der Waals surface area contributed by atoms with Gasteiger partial charge in [0.2, 0.25) is 5.78 Å². The molecule has 0 amide bonds. The number of Topliss-reactive ketones (excluding diaryl/α,β-unsaturated/α-hetero) is 1. The molecule has 0 radical (unpaired) electrons. The van der Waals surface area contributed by atoms with Crippen molar-refractivity contribution in [3.63, 3.8) is 0 Å². The average molecular weight is 342 g/mol. The van der Waals surface area contributed by atoms with Gasteiger partial charge in [-0.05, 0) is 0 Å². The molecule has 0 spiro atoms. The Morgan fingerprint density at radius 2 is 2.14 bits per heavy atom. The van der Waals surface area contributed by atoms with Crippen molar-refractivity contribution in [2.75, 3.05) is 0 Å². The molecule has 0 aliphatic rings. The van der Waals surface area contributed by atoms with Gasteiger partial charge < -0.3 is 4.57 Å². The van der Waals surface area contributed by atoms with Crippen LogP contribution in [0.2, 0.25) is 9.49 Å². The van der Waals surface area contributed by atoms with Crippen LogP contribution in [0.4, 0.5) is 0 Å². The Morgan fingerprint density at radius 1 is 1.29 bits per heavy atom. The van der Waals surface area contributed by atoms with E-state index in [9.17, 15) is 4.79 Å². The monoisotopic (exact) mass is 341 g/mol. The normalized spacial score (nSPS) is 11.0. The highest BCUT2D eigenvalue weighted by Gasteiger charge is 2.15. The first-order chi connectivity index (χ1) is 10.1. The summed E-state index contributed by atoms with van der Waals surface area (Å²) in [7, 11) is 0. The zero-order valence-corrected chi connectivity index (χ0v) is 12.9. The summed E-state index contributed by atoms with van der Waals surface area (Å²) >= 11 is 13.0. The maximum absolute atomic E-state index is 12.3. The molecule has 0 aliphatic carbocycles. The van der Waals surface area contributed by atoms with E-state index in [2.05, 4.69) is 15.1 Å². The van der Waals surface area contributed by atoms with Crippen LogP contribution in [0.15, 0.2) is 31.0 Å². The summed E-state index contributed by atoms with van der Waals surface area (Å²) in [6.07, 6.45) is 8.10. The summed E-state index contributed by atoms with van der Waals surface area (Å²) in [4.78, 5) is 21.3.